The maximum absolute atomic E-state index is 12.7. The maximum atomic E-state index is 12.7. The molecule has 0 aromatic heterocycles. The van der Waals surface area contributed by atoms with Crippen molar-refractivity contribution in [3.8, 4) is 5.75 Å². The van der Waals surface area contributed by atoms with Crippen LogP contribution in [0, 0.1) is 0 Å². The zero-order chi connectivity index (χ0) is 17.1. The lowest BCUT2D eigenvalue weighted by Crippen LogP contribution is -2.35. The van der Waals surface area contributed by atoms with E-state index in [0.29, 0.717) is 11.4 Å². The summed E-state index contributed by atoms with van der Waals surface area (Å²) in [6, 6.07) is 6.94. The van der Waals surface area contributed by atoms with Gasteiger partial charge in [0.15, 0.2) is 0 Å². The van der Waals surface area contributed by atoms with Crippen molar-refractivity contribution in [1.82, 2.24) is 4.90 Å². The third-order valence-electron chi connectivity index (χ3n) is 4.29. The summed E-state index contributed by atoms with van der Waals surface area (Å²) in [5, 5.41) is -0.422. The normalized spacial score (nSPS) is 21.3. The standard InChI is InChI=1S/C17H20N2O3S2/c1-22-13-7-5-12(6-8-13)19-15(20)11-14(16(19)21)24-17(23)18-9-3-2-4-10-18/h5-8,14H,2-4,9-11H2,1H3/t14-/m0/s1. The molecule has 0 saturated carbocycles. The number of rotatable bonds is 3. The van der Waals surface area contributed by atoms with Crippen LogP contribution < -0.4 is 9.64 Å². The van der Waals surface area contributed by atoms with Crippen molar-refractivity contribution in [3.05, 3.63) is 24.3 Å². The molecule has 1 aromatic carbocycles. The Hall–Kier alpha value is -1.60. The van der Waals surface area contributed by atoms with E-state index in [0.717, 1.165) is 30.3 Å². The minimum absolute atomic E-state index is 0.177. The fourth-order valence-electron chi connectivity index (χ4n) is 2.97. The van der Waals surface area contributed by atoms with Crippen molar-refractivity contribution in [2.45, 2.75) is 30.9 Å². The average molecular weight is 364 g/mol. The Balaban J connectivity index is 1.67. The molecule has 1 atom stereocenters. The highest BCUT2D eigenvalue weighted by molar-refractivity contribution is 8.23. The number of ether oxygens (including phenoxy) is 1. The molecule has 3 rings (SSSR count). The lowest BCUT2D eigenvalue weighted by molar-refractivity contribution is -0.121. The number of anilines is 1. The molecule has 24 heavy (non-hydrogen) atoms. The van der Waals surface area contributed by atoms with Crippen LogP contribution in [0.5, 0.6) is 5.75 Å². The van der Waals surface area contributed by atoms with Gasteiger partial charge >= 0.3 is 0 Å². The number of imide groups is 1. The number of benzene rings is 1. The summed E-state index contributed by atoms with van der Waals surface area (Å²) in [5.41, 5.74) is 0.581. The van der Waals surface area contributed by atoms with Crippen LogP contribution in [-0.2, 0) is 9.59 Å². The first kappa shape index (κ1) is 17.2. The summed E-state index contributed by atoms with van der Waals surface area (Å²) in [4.78, 5) is 28.4. The number of hydrogen-bond donors (Lipinski definition) is 0. The van der Waals surface area contributed by atoms with Gasteiger partial charge in [-0.1, -0.05) is 24.0 Å². The first-order valence-corrected chi connectivity index (χ1v) is 9.35. The Labute approximate surface area is 151 Å². The van der Waals surface area contributed by atoms with Gasteiger partial charge in [0.25, 0.3) is 0 Å². The predicted octanol–water partition coefficient (Wildman–Crippen LogP) is 2.83. The lowest BCUT2D eigenvalue weighted by atomic mass is 10.1. The first-order chi connectivity index (χ1) is 11.6. The van der Waals surface area contributed by atoms with Gasteiger partial charge in [-0.15, -0.1) is 0 Å². The van der Waals surface area contributed by atoms with Crippen molar-refractivity contribution in [2.24, 2.45) is 0 Å². The second-order valence-electron chi connectivity index (χ2n) is 5.89. The van der Waals surface area contributed by atoms with Crippen LogP contribution in [0.15, 0.2) is 24.3 Å². The van der Waals surface area contributed by atoms with Gasteiger partial charge in [0.1, 0.15) is 15.3 Å². The molecule has 0 bridgehead atoms. The molecule has 2 heterocycles. The van der Waals surface area contributed by atoms with Gasteiger partial charge in [0, 0.05) is 19.5 Å². The van der Waals surface area contributed by atoms with Crippen LogP contribution in [0.2, 0.25) is 0 Å². The van der Waals surface area contributed by atoms with Crippen molar-refractivity contribution in [2.75, 3.05) is 25.1 Å². The zero-order valence-corrected chi connectivity index (χ0v) is 15.2. The van der Waals surface area contributed by atoms with Crippen molar-refractivity contribution in [1.29, 1.82) is 0 Å². The molecule has 2 saturated heterocycles. The van der Waals surface area contributed by atoms with E-state index in [9.17, 15) is 9.59 Å². The quantitative estimate of drug-likeness (QED) is 0.607. The smallest absolute Gasteiger partial charge is 0.247 e. The second kappa shape index (κ2) is 7.53. The average Bonchev–Trinajstić information content (AvgIpc) is 2.89. The summed E-state index contributed by atoms with van der Waals surface area (Å²) in [5.74, 6) is 0.327. The molecule has 1 aromatic rings. The highest BCUT2D eigenvalue weighted by Crippen LogP contribution is 2.32. The van der Waals surface area contributed by atoms with E-state index in [4.69, 9.17) is 17.0 Å². The van der Waals surface area contributed by atoms with Gasteiger partial charge in [-0.05, 0) is 43.5 Å². The highest BCUT2D eigenvalue weighted by Gasteiger charge is 2.41. The molecule has 0 spiro atoms. The van der Waals surface area contributed by atoms with Gasteiger partial charge in [0.05, 0.1) is 12.8 Å². The second-order valence-corrected chi connectivity index (χ2v) is 7.73. The van der Waals surface area contributed by atoms with E-state index >= 15 is 0 Å². The number of nitrogens with zero attached hydrogens (tertiary/aromatic N) is 2. The van der Waals surface area contributed by atoms with Crippen LogP contribution in [0.4, 0.5) is 5.69 Å². The minimum Gasteiger partial charge on any atom is -0.497 e. The molecular weight excluding hydrogens is 344 g/mol. The Morgan fingerprint density at radius 3 is 2.46 bits per heavy atom. The van der Waals surface area contributed by atoms with Crippen LogP contribution in [0.25, 0.3) is 0 Å². The van der Waals surface area contributed by atoms with Crippen molar-refractivity contribution >= 4 is 45.8 Å². The third-order valence-corrected chi connectivity index (χ3v) is 5.95. The molecule has 0 N–H and O–H groups in total. The summed E-state index contributed by atoms with van der Waals surface area (Å²) < 4.78 is 5.85. The van der Waals surface area contributed by atoms with E-state index in [2.05, 4.69) is 4.90 Å². The number of methoxy groups -OCH3 is 1. The monoisotopic (exact) mass is 364 g/mol. The molecule has 0 aliphatic carbocycles. The lowest BCUT2D eigenvalue weighted by Gasteiger charge is -2.29. The molecule has 128 valence electrons. The molecule has 5 nitrogen and oxygen atoms in total. The number of thioether (sulfide) groups is 1. The van der Waals surface area contributed by atoms with Crippen molar-refractivity contribution < 1.29 is 14.3 Å². The summed E-state index contributed by atoms with van der Waals surface area (Å²) >= 11 is 6.83. The molecule has 0 radical (unpaired) electrons. The predicted molar refractivity (Wildman–Crippen MR) is 99.5 cm³/mol. The fourth-order valence-corrected chi connectivity index (χ4v) is 4.51. The number of hydrogen-bond acceptors (Lipinski definition) is 5. The summed E-state index contributed by atoms with van der Waals surface area (Å²) in [6.45, 7) is 1.89. The molecule has 2 aliphatic rings. The summed E-state index contributed by atoms with van der Waals surface area (Å²) in [7, 11) is 1.58. The number of carbonyl (C=O) groups excluding carboxylic acids is 2. The Bertz CT molecular complexity index is 642. The number of carbonyl (C=O) groups is 2. The number of amides is 2. The van der Waals surface area contributed by atoms with Crippen LogP contribution in [0.1, 0.15) is 25.7 Å². The summed E-state index contributed by atoms with van der Waals surface area (Å²) in [6.07, 6.45) is 3.70. The third kappa shape index (κ3) is 3.57. The number of likely N-dealkylation sites (tertiary alicyclic amines) is 1. The molecule has 0 unspecified atom stereocenters. The van der Waals surface area contributed by atoms with Gasteiger partial charge in [-0.25, -0.2) is 4.90 Å². The highest BCUT2D eigenvalue weighted by atomic mass is 32.2. The van der Waals surface area contributed by atoms with Gasteiger partial charge in [0.2, 0.25) is 11.8 Å². The minimum atomic E-state index is -0.422. The zero-order valence-electron chi connectivity index (χ0n) is 13.6. The Morgan fingerprint density at radius 1 is 1.17 bits per heavy atom. The topological polar surface area (TPSA) is 49.9 Å². The Kier molecular flexibility index (Phi) is 5.40. The molecular formula is C17H20N2O3S2. The van der Waals surface area contributed by atoms with Gasteiger partial charge in [-0.3, -0.25) is 9.59 Å². The first-order valence-electron chi connectivity index (χ1n) is 8.06. The fraction of sp³-hybridized carbons (Fsp3) is 0.471. The van der Waals surface area contributed by atoms with Crippen molar-refractivity contribution in [3.63, 3.8) is 0 Å². The molecule has 2 fully saturated rings. The maximum Gasteiger partial charge on any atom is 0.247 e. The van der Waals surface area contributed by atoms with E-state index in [1.807, 2.05) is 0 Å². The van der Waals surface area contributed by atoms with E-state index in [1.54, 1.807) is 31.4 Å². The van der Waals surface area contributed by atoms with Gasteiger partial charge < -0.3 is 9.64 Å². The molecule has 7 heteroatoms. The molecule has 2 aliphatic heterocycles. The van der Waals surface area contributed by atoms with E-state index in [1.165, 1.54) is 23.1 Å². The SMILES string of the molecule is COc1ccc(N2C(=O)C[C@H](SC(=S)N3CCCCC3)C2=O)cc1. The van der Waals surface area contributed by atoms with Crippen LogP contribution in [-0.4, -0.2) is 46.5 Å². The van der Waals surface area contributed by atoms with Gasteiger partial charge in [-0.2, -0.15) is 0 Å². The van der Waals surface area contributed by atoms with E-state index in [-0.39, 0.29) is 18.2 Å². The number of thiocarbonyl (C=S) groups is 1. The number of piperidine rings is 1. The largest absolute Gasteiger partial charge is 0.497 e. The van der Waals surface area contributed by atoms with Crippen LogP contribution in [0.3, 0.4) is 0 Å². The Morgan fingerprint density at radius 2 is 1.83 bits per heavy atom. The van der Waals surface area contributed by atoms with E-state index < -0.39 is 5.25 Å². The van der Waals surface area contributed by atoms with Crippen LogP contribution >= 0.6 is 24.0 Å². The molecule has 2 amide bonds.